The van der Waals surface area contributed by atoms with E-state index in [1.165, 1.54) is 11.0 Å². The fourth-order valence-corrected chi connectivity index (χ4v) is 3.30. The third-order valence-corrected chi connectivity index (χ3v) is 4.66. The number of carbonyl (C=O) groups excluding carboxylic acids is 1. The topological polar surface area (TPSA) is 100 Å². The zero-order chi connectivity index (χ0) is 20.9. The van der Waals surface area contributed by atoms with Crippen molar-refractivity contribution in [1.82, 2.24) is 25.5 Å². The average Bonchev–Trinajstić information content (AvgIpc) is 3.40. The number of amides is 1. The Morgan fingerprint density at radius 3 is 3.00 bits per heavy atom. The van der Waals surface area contributed by atoms with Crippen molar-refractivity contribution >= 4 is 5.91 Å². The van der Waals surface area contributed by atoms with E-state index in [1.54, 1.807) is 12.1 Å². The lowest BCUT2D eigenvalue weighted by Crippen LogP contribution is -2.28. The Bertz CT molecular complexity index is 1020. The summed E-state index contributed by atoms with van der Waals surface area (Å²) in [6, 6.07) is 11.1. The van der Waals surface area contributed by atoms with Gasteiger partial charge in [0.25, 0.3) is 5.91 Å². The number of rotatable bonds is 8. The molecule has 1 aliphatic heterocycles. The molecule has 0 saturated heterocycles. The summed E-state index contributed by atoms with van der Waals surface area (Å²) in [4.78, 5) is 12.3. The van der Waals surface area contributed by atoms with Gasteiger partial charge in [-0.2, -0.15) is 0 Å². The Balaban J connectivity index is 1.35. The third kappa shape index (κ3) is 4.51. The van der Waals surface area contributed by atoms with E-state index in [1.807, 2.05) is 38.1 Å². The fourth-order valence-electron chi connectivity index (χ4n) is 3.30. The summed E-state index contributed by atoms with van der Waals surface area (Å²) in [5, 5.41) is 13.9. The molecule has 4 rings (SSSR count). The quantitative estimate of drug-likeness (QED) is 0.608. The van der Waals surface area contributed by atoms with Gasteiger partial charge in [0.15, 0.2) is 6.61 Å². The predicted octanol–water partition coefficient (Wildman–Crippen LogP) is 2.08. The van der Waals surface area contributed by atoms with E-state index in [4.69, 9.17) is 14.2 Å². The second-order valence-electron chi connectivity index (χ2n) is 6.95. The van der Waals surface area contributed by atoms with Gasteiger partial charge in [-0.15, -0.1) is 5.10 Å². The summed E-state index contributed by atoms with van der Waals surface area (Å²) in [6.07, 6.45) is 2.50. The molecule has 156 valence electrons. The first-order chi connectivity index (χ1) is 14.6. The molecule has 1 aliphatic rings. The van der Waals surface area contributed by atoms with Gasteiger partial charge in [-0.1, -0.05) is 6.07 Å². The second kappa shape index (κ2) is 8.81. The molecule has 2 aromatic carbocycles. The van der Waals surface area contributed by atoms with Crippen LogP contribution >= 0.6 is 0 Å². The van der Waals surface area contributed by atoms with E-state index in [9.17, 15) is 4.79 Å². The molecule has 0 bridgehead atoms. The van der Waals surface area contributed by atoms with E-state index >= 15 is 0 Å². The van der Waals surface area contributed by atoms with Crippen LogP contribution in [-0.2, 0) is 17.8 Å². The van der Waals surface area contributed by atoms with Gasteiger partial charge in [0.05, 0.1) is 12.3 Å². The largest absolute Gasteiger partial charge is 0.494 e. The van der Waals surface area contributed by atoms with Crippen LogP contribution in [0.2, 0.25) is 0 Å². The maximum Gasteiger partial charge on any atom is 0.258 e. The third-order valence-electron chi connectivity index (χ3n) is 4.66. The van der Waals surface area contributed by atoms with E-state index in [2.05, 4.69) is 20.8 Å². The Labute approximate surface area is 173 Å². The number of nitrogens with one attached hydrogen (secondary N) is 1. The van der Waals surface area contributed by atoms with Gasteiger partial charge in [0.1, 0.15) is 29.7 Å². The summed E-state index contributed by atoms with van der Waals surface area (Å²) in [6.45, 7) is 4.74. The molecule has 3 aromatic rings. The lowest BCUT2D eigenvalue weighted by molar-refractivity contribution is -0.123. The van der Waals surface area contributed by atoms with Gasteiger partial charge in [0, 0.05) is 30.2 Å². The van der Waals surface area contributed by atoms with Crippen LogP contribution in [0.15, 0.2) is 42.7 Å². The van der Waals surface area contributed by atoms with Crippen LogP contribution in [0.1, 0.15) is 25.0 Å². The minimum Gasteiger partial charge on any atom is -0.494 e. The monoisotopic (exact) mass is 409 g/mol. The summed E-state index contributed by atoms with van der Waals surface area (Å²) < 4.78 is 18.7. The highest BCUT2D eigenvalue weighted by molar-refractivity contribution is 5.77. The highest BCUT2D eigenvalue weighted by atomic mass is 16.5. The highest BCUT2D eigenvalue weighted by Gasteiger charge is 2.22. The van der Waals surface area contributed by atoms with Crippen molar-refractivity contribution in [3.8, 4) is 22.9 Å². The lowest BCUT2D eigenvalue weighted by atomic mass is 10.1. The molecule has 0 fully saturated rings. The van der Waals surface area contributed by atoms with Crippen LogP contribution < -0.4 is 19.5 Å². The molecule has 1 amide bonds. The molecular formula is C21H23N5O4. The zero-order valence-electron chi connectivity index (χ0n) is 16.9. The molecule has 1 N–H and O–H groups in total. The summed E-state index contributed by atoms with van der Waals surface area (Å²) in [5.41, 5.74) is 2.75. The number of ether oxygens (including phenoxy) is 3. The first kappa shape index (κ1) is 19.7. The zero-order valence-corrected chi connectivity index (χ0v) is 16.9. The number of hydrogen-bond donors (Lipinski definition) is 1. The van der Waals surface area contributed by atoms with Crippen LogP contribution in [0.4, 0.5) is 0 Å². The highest BCUT2D eigenvalue weighted by Crippen LogP contribution is 2.35. The minimum absolute atomic E-state index is 0.110. The summed E-state index contributed by atoms with van der Waals surface area (Å²) >= 11 is 0. The molecule has 0 aliphatic carbocycles. The van der Waals surface area contributed by atoms with Gasteiger partial charge < -0.3 is 19.5 Å². The van der Waals surface area contributed by atoms with Crippen molar-refractivity contribution in [3.63, 3.8) is 0 Å². The van der Waals surface area contributed by atoms with E-state index < -0.39 is 0 Å². The second-order valence-corrected chi connectivity index (χ2v) is 6.95. The van der Waals surface area contributed by atoms with E-state index in [0.29, 0.717) is 18.9 Å². The fraction of sp³-hybridized carbons (Fsp3) is 0.333. The maximum atomic E-state index is 12.3. The molecule has 2 heterocycles. The van der Waals surface area contributed by atoms with Crippen molar-refractivity contribution in [2.45, 2.75) is 32.9 Å². The van der Waals surface area contributed by atoms with Crippen molar-refractivity contribution < 1.29 is 19.0 Å². The lowest BCUT2D eigenvalue weighted by Gasteiger charge is -2.14. The normalized spacial score (nSPS) is 14.7. The molecule has 30 heavy (non-hydrogen) atoms. The first-order valence-corrected chi connectivity index (χ1v) is 9.80. The van der Waals surface area contributed by atoms with Crippen LogP contribution in [0.3, 0.4) is 0 Å². The molecule has 0 unspecified atom stereocenters. The molecule has 1 atom stereocenters. The van der Waals surface area contributed by atoms with Crippen molar-refractivity contribution in [1.29, 1.82) is 0 Å². The Morgan fingerprint density at radius 1 is 1.30 bits per heavy atom. The first-order valence-electron chi connectivity index (χ1n) is 9.80. The Kier molecular flexibility index (Phi) is 5.78. The number of carbonyl (C=O) groups is 1. The number of aromatic nitrogens is 4. The Morgan fingerprint density at radius 2 is 2.20 bits per heavy atom. The standard InChI is InChI=1S/C21H23N5O4/c1-3-28-19-8-15-7-14(2)30-20(15)9-16(19)11-22-21(27)12-29-18-6-4-5-17(10-18)26-13-23-24-25-26/h4-6,8-10,13-14H,3,7,11-12H2,1-2H3,(H,22,27)/t14-/m1/s1. The number of fused-ring (bicyclic) bond motifs is 1. The summed E-state index contributed by atoms with van der Waals surface area (Å²) in [7, 11) is 0. The molecule has 9 heteroatoms. The molecule has 0 spiro atoms. The SMILES string of the molecule is CCOc1cc2c(cc1CNC(=O)COc1cccc(-n3cnnn3)c1)O[C@H](C)C2. The molecule has 0 radical (unpaired) electrons. The maximum absolute atomic E-state index is 12.3. The molecule has 1 aromatic heterocycles. The smallest absolute Gasteiger partial charge is 0.258 e. The van der Waals surface area contributed by atoms with Crippen LogP contribution in [-0.4, -0.2) is 45.4 Å². The Hall–Kier alpha value is -3.62. The minimum atomic E-state index is -0.236. The number of benzene rings is 2. The van der Waals surface area contributed by atoms with Crippen LogP contribution in [0.5, 0.6) is 17.2 Å². The predicted molar refractivity (Wildman–Crippen MR) is 108 cm³/mol. The van der Waals surface area contributed by atoms with Crippen molar-refractivity contribution in [2.24, 2.45) is 0 Å². The van der Waals surface area contributed by atoms with Gasteiger partial charge in [0.2, 0.25) is 0 Å². The summed E-state index contributed by atoms with van der Waals surface area (Å²) in [5.74, 6) is 1.93. The molecule has 0 saturated carbocycles. The van der Waals surface area contributed by atoms with Crippen molar-refractivity contribution in [3.05, 3.63) is 53.9 Å². The number of tetrazole rings is 1. The van der Waals surface area contributed by atoms with Gasteiger partial charge in [-0.3, -0.25) is 4.79 Å². The number of nitrogens with zero attached hydrogens (tertiary/aromatic N) is 4. The molecule has 9 nitrogen and oxygen atoms in total. The van der Waals surface area contributed by atoms with Gasteiger partial charge >= 0.3 is 0 Å². The van der Waals surface area contributed by atoms with Crippen molar-refractivity contribution in [2.75, 3.05) is 13.2 Å². The molecular weight excluding hydrogens is 386 g/mol. The number of hydrogen-bond acceptors (Lipinski definition) is 7. The van der Waals surface area contributed by atoms with Gasteiger partial charge in [-0.25, -0.2) is 4.68 Å². The average molecular weight is 409 g/mol. The van der Waals surface area contributed by atoms with Crippen LogP contribution in [0.25, 0.3) is 5.69 Å². The van der Waals surface area contributed by atoms with E-state index in [0.717, 1.165) is 34.7 Å². The van der Waals surface area contributed by atoms with Crippen LogP contribution in [0, 0.1) is 0 Å². The van der Waals surface area contributed by atoms with Gasteiger partial charge in [-0.05, 0) is 48.5 Å². The van der Waals surface area contributed by atoms with E-state index in [-0.39, 0.29) is 18.6 Å².